The molecule has 0 atom stereocenters. The molecule has 3 aromatic rings. The minimum atomic E-state index is 0.121. The molecule has 0 fully saturated rings. The number of hydrogen-bond donors (Lipinski definition) is 1. The zero-order chi connectivity index (χ0) is 18.5. The lowest BCUT2D eigenvalue weighted by molar-refractivity contribution is -0.129. The fourth-order valence-electron chi connectivity index (χ4n) is 4.14. The van der Waals surface area contributed by atoms with Crippen molar-refractivity contribution in [2.24, 2.45) is 7.05 Å². The average Bonchev–Trinajstić information content (AvgIpc) is 3.37. The van der Waals surface area contributed by atoms with Crippen molar-refractivity contribution >= 4 is 17.4 Å². The summed E-state index contributed by atoms with van der Waals surface area (Å²) in [5, 5.41) is 12.1. The number of aromatic nitrogens is 4. The van der Waals surface area contributed by atoms with E-state index in [-0.39, 0.29) is 5.91 Å². The van der Waals surface area contributed by atoms with Crippen molar-refractivity contribution < 1.29 is 4.79 Å². The molecule has 0 saturated heterocycles. The van der Waals surface area contributed by atoms with Crippen molar-refractivity contribution in [2.75, 3.05) is 18.0 Å². The van der Waals surface area contributed by atoms with Crippen LogP contribution >= 0.6 is 0 Å². The molecule has 1 N–H and O–H groups in total. The standard InChI is InChI=1S/C20H22N6O/c1-13(27)25-7-6-18-17(12-25)20(23-22-18)26-8-5-15-9-14(3-4-19(15)26)16-10-21-24(2)11-16/h3-4,9-11H,5-8,12H2,1-2H3,(H,22,23). The zero-order valence-corrected chi connectivity index (χ0v) is 15.6. The van der Waals surface area contributed by atoms with Gasteiger partial charge in [-0.05, 0) is 29.7 Å². The fourth-order valence-corrected chi connectivity index (χ4v) is 4.14. The van der Waals surface area contributed by atoms with Crippen molar-refractivity contribution in [3.63, 3.8) is 0 Å². The number of aromatic amines is 1. The summed E-state index contributed by atoms with van der Waals surface area (Å²) < 4.78 is 1.83. The van der Waals surface area contributed by atoms with Crippen LogP contribution in [0.4, 0.5) is 11.5 Å². The highest BCUT2D eigenvalue weighted by Crippen LogP contribution is 2.39. The number of nitrogens with one attached hydrogen (secondary N) is 1. The van der Waals surface area contributed by atoms with E-state index in [1.165, 1.54) is 16.8 Å². The molecular formula is C20H22N6O. The second kappa shape index (κ2) is 5.97. The Bertz CT molecular complexity index is 1030. The van der Waals surface area contributed by atoms with Gasteiger partial charge in [-0.1, -0.05) is 6.07 Å². The Morgan fingerprint density at radius 2 is 2.07 bits per heavy atom. The maximum Gasteiger partial charge on any atom is 0.219 e. The molecule has 2 aliphatic heterocycles. The van der Waals surface area contributed by atoms with Gasteiger partial charge in [-0.3, -0.25) is 14.6 Å². The van der Waals surface area contributed by atoms with Crippen LogP contribution in [0.25, 0.3) is 11.1 Å². The van der Waals surface area contributed by atoms with Gasteiger partial charge in [-0.25, -0.2) is 0 Å². The van der Waals surface area contributed by atoms with Gasteiger partial charge in [0.1, 0.15) is 0 Å². The van der Waals surface area contributed by atoms with Crippen molar-refractivity contribution in [2.45, 2.75) is 26.3 Å². The van der Waals surface area contributed by atoms with Gasteiger partial charge in [0.15, 0.2) is 5.82 Å². The first-order valence-corrected chi connectivity index (χ1v) is 9.31. The zero-order valence-electron chi connectivity index (χ0n) is 15.6. The molecule has 0 saturated carbocycles. The maximum absolute atomic E-state index is 11.8. The highest BCUT2D eigenvalue weighted by atomic mass is 16.2. The highest BCUT2D eigenvalue weighted by molar-refractivity contribution is 5.77. The van der Waals surface area contributed by atoms with E-state index in [9.17, 15) is 4.79 Å². The largest absolute Gasteiger partial charge is 0.338 e. The quantitative estimate of drug-likeness (QED) is 0.760. The predicted octanol–water partition coefficient (Wildman–Crippen LogP) is 2.41. The molecule has 138 valence electrons. The van der Waals surface area contributed by atoms with Crippen LogP contribution in [-0.4, -0.2) is 43.9 Å². The van der Waals surface area contributed by atoms with Crippen LogP contribution < -0.4 is 4.90 Å². The second-order valence-electron chi connectivity index (χ2n) is 7.34. The van der Waals surface area contributed by atoms with E-state index in [1.54, 1.807) is 6.92 Å². The van der Waals surface area contributed by atoms with E-state index in [0.717, 1.165) is 48.6 Å². The Kier molecular flexibility index (Phi) is 3.56. The van der Waals surface area contributed by atoms with E-state index >= 15 is 0 Å². The summed E-state index contributed by atoms with van der Waals surface area (Å²) in [6.45, 7) is 3.93. The lowest BCUT2D eigenvalue weighted by atomic mass is 10.0. The number of H-pyrrole nitrogens is 1. The topological polar surface area (TPSA) is 70.1 Å². The van der Waals surface area contributed by atoms with E-state index in [0.29, 0.717) is 6.54 Å². The smallest absolute Gasteiger partial charge is 0.219 e. The number of benzene rings is 1. The molecule has 1 amide bonds. The van der Waals surface area contributed by atoms with Gasteiger partial charge in [0, 0.05) is 62.2 Å². The third-order valence-electron chi connectivity index (χ3n) is 5.63. The van der Waals surface area contributed by atoms with Crippen molar-refractivity contribution in [1.82, 2.24) is 24.9 Å². The molecule has 0 radical (unpaired) electrons. The summed E-state index contributed by atoms with van der Waals surface area (Å²) in [6.07, 6.45) is 5.76. The maximum atomic E-state index is 11.8. The third kappa shape index (κ3) is 2.61. The molecule has 5 rings (SSSR count). The number of rotatable bonds is 2. The van der Waals surface area contributed by atoms with Gasteiger partial charge >= 0.3 is 0 Å². The minimum Gasteiger partial charge on any atom is -0.338 e. The molecule has 7 nitrogen and oxygen atoms in total. The third-order valence-corrected chi connectivity index (χ3v) is 5.63. The summed E-state index contributed by atoms with van der Waals surface area (Å²) in [4.78, 5) is 16.0. The summed E-state index contributed by atoms with van der Waals surface area (Å²) in [6, 6.07) is 6.58. The molecule has 0 unspecified atom stereocenters. The molecule has 0 spiro atoms. The Hall–Kier alpha value is -3.09. The first-order chi connectivity index (χ1) is 13.1. The monoisotopic (exact) mass is 362 g/mol. The molecule has 27 heavy (non-hydrogen) atoms. The van der Waals surface area contributed by atoms with E-state index in [4.69, 9.17) is 0 Å². The molecule has 0 aliphatic carbocycles. The van der Waals surface area contributed by atoms with Gasteiger partial charge in [-0.2, -0.15) is 10.2 Å². The predicted molar refractivity (Wildman–Crippen MR) is 103 cm³/mol. The first-order valence-electron chi connectivity index (χ1n) is 9.31. The average molecular weight is 362 g/mol. The van der Waals surface area contributed by atoms with Crippen molar-refractivity contribution in [1.29, 1.82) is 0 Å². The number of carbonyl (C=O) groups is 1. The molecule has 2 aliphatic rings. The fraction of sp³-hybridized carbons (Fsp3) is 0.350. The molecule has 7 heteroatoms. The number of aryl methyl sites for hydroxylation is 1. The van der Waals surface area contributed by atoms with Gasteiger partial charge in [-0.15, -0.1) is 0 Å². The molecule has 0 bridgehead atoms. The van der Waals surface area contributed by atoms with E-state index in [1.807, 2.05) is 29.0 Å². The Morgan fingerprint density at radius 1 is 1.19 bits per heavy atom. The van der Waals surface area contributed by atoms with E-state index < -0.39 is 0 Å². The van der Waals surface area contributed by atoms with Gasteiger partial charge in [0.05, 0.1) is 12.7 Å². The van der Waals surface area contributed by atoms with Crippen molar-refractivity contribution in [3.05, 3.63) is 47.4 Å². The molecule has 4 heterocycles. The molecular weight excluding hydrogens is 340 g/mol. The number of fused-ring (bicyclic) bond motifs is 2. The number of amides is 1. The van der Waals surface area contributed by atoms with Crippen LogP contribution in [0.15, 0.2) is 30.6 Å². The summed E-state index contributed by atoms with van der Waals surface area (Å²) >= 11 is 0. The molecule has 1 aromatic carbocycles. The Labute approximate surface area is 157 Å². The normalized spacial score (nSPS) is 15.8. The van der Waals surface area contributed by atoms with Crippen LogP contribution in [0, 0.1) is 0 Å². The number of anilines is 2. The summed E-state index contributed by atoms with van der Waals surface area (Å²) in [5.41, 5.74) is 7.16. The van der Waals surface area contributed by atoms with Crippen LogP contribution in [0.1, 0.15) is 23.7 Å². The minimum absolute atomic E-state index is 0.121. The second-order valence-corrected chi connectivity index (χ2v) is 7.34. The summed E-state index contributed by atoms with van der Waals surface area (Å²) in [5.74, 6) is 1.08. The lowest BCUT2D eigenvalue weighted by Crippen LogP contribution is -2.34. The summed E-state index contributed by atoms with van der Waals surface area (Å²) in [7, 11) is 1.93. The van der Waals surface area contributed by atoms with Crippen LogP contribution in [-0.2, 0) is 31.2 Å². The van der Waals surface area contributed by atoms with Crippen LogP contribution in [0.3, 0.4) is 0 Å². The van der Waals surface area contributed by atoms with Crippen LogP contribution in [0.5, 0.6) is 0 Å². The number of hydrogen-bond acceptors (Lipinski definition) is 4. The molecule has 2 aromatic heterocycles. The van der Waals surface area contributed by atoms with Crippen molar-refractivity contribution in [3.8, 4) is 11.1 Å². The lowest BCUT2D eigenvalue weighted by Gasteiger charge is -2.27. The highest BCUT2D eigenvalue weighted by Gasteiger charge is 2.29. The van der Waals surface area contributed by atoms with Gasteiger partial charge in [0.2, 0.25) is 5.91 Å². The Morgan fingerprint density at radius 3 is 2.85 bits per heavy atom. The number of nitrogens with zero attached hydrogens (tertiary/aromatic N) is 5. The number of carbonyl (C=O) groups excluding carboxylic acids is 1. The SMILES string of the molecule is CC(=O)N1CCc2[nH]nc(N3CCc4cc(-c5cnn(C)c5)ccc43)c2C1. The van der Waals surface area contributed by atoms with Gasteiger partial charge < -0.3 is 9.80 Å². The van der Waals surface area contributed by atoms with Crippen LogP contribution in [0.2, 0.25) is 0 Å². The Balaban J connectivity index is 1.48. The van der Waals surface area contributed by atoms with Gasteiger partial charge in [0.25, 0.3) is 0 Å². The first kappa shape index (κ1) is 16.1. The van der Waals surface area contributed by atoms with E-state index in [2.05, 4.69) is 38.4 Å².